The molecule has 0 fully saturated rings. The van der Waals surface area contributed by atoms with Crippen molar-refractivity contribution < 1.29 is 4.79 Å². The first-order valence-corrected chi connectivity index (χ1v) is 9.47. The highest BCUT2D eigenvalue weighted by Gasteiger charge is 2.13. The molecule has 1 atom stereocenters. The summed E-state index contributed by atoms with van der Waals surface area (Å²) in [5.41, 5.74) is 2.69. The van der Waals surface area contributed by atoms with Gasteiger partial charge in [-0.1, -0.05) is 48.5 Å². The summed E-state index contributed by atoms with van der Waals surface area (Å²) in [7, 11) is 1.75. The Labute approximate surface area is 163 Å². The molecule has 28 heavy (non-hydrogen) atoms. The van der Waals surface area contributed by atoms with E-state index in [9.17, 15) is 9.59 Å². The number of nitrogens with zero attached hydrogens (tertiary/aromatic N) is 2. The Balaban J connectivity index is 1.46. The van der Waals surface area contributed by atoms with Crippen LogP contribution >= 0.6 is 0 Å². The molecule has 1 heterocycles. The second-order valence-corrected chi connectivity index (χ2v) is 7.13. The Hall–Kier alpha value is -3.34. The van der Waals surface area contributed by atoms with Crippen molar-refractivity contribution in [1.82, 2.24) is 14.5 Å². The van der Waals surface area contributed by atoms with Crippen LogP contribution in [0.5, 0.6) is 0 Å². The van der Waals surface area contributed by atoms with Gasteiger partial charge in [-0.3, -0.25) is 13.9 Å². The van der Waals surface area contributed by atoms with Crippen molar-refractivity contribution >= 4 is 27.7 Å². The Kier molecular flexibility index (Phi) is 4.74. The van der Waals surface area contributed by atoms with Gasteiger partial charge in [0.1, 0.15) is 0 Å². The van der Waals surface area contributed by atoms with E-state index in [0.717, 1.165) is 22.0 Å². The van der Waals surface area contributed by atoms with Crippen LogP contribution in [-0.4, -0.2) is 15.0 Å². The molecule has 3 aromatic carbocycles. The molecule has 4 rings (SSSR count). The minimum absolute atomic E-state index is 0.0690. The molecule has 0 aliphatic rings. The van der Waals surface area contributed by atoms with Crippen LogP contribution in [0.25, 0.3) is 21.8 Å². The molecule has 5 heteroatoms. The lowest BCUT2D eigenvalue weighted by Crippen LogP contribution is -2.29. The SMILES string of the molecule is CC(NC(=O)CCn1c(=O)n(C)c2ccccc21)c1ccc2ccccc2c1. The van der Waals surface area contributed by atoms with Crippen molar-refractivity contribution in [1.29, 1.82) is 0 Å². The number of aryl methyl sites for hydroxylation is 2. The Morgan fingerprint density at radius 1 is 0.964 bits per heavy atom. The number of hydrogen-bond donors (Lipinski definition) is 1. The van der Waals surface area contributed by atoms with E-state index in [1.165, 1.54) is 5.39 Å². The lowest BCUT2D eigenvalue weighted by Gasteiger charge is -2.15. The Morgan fingerprint density at radius 3 is 2.43 bits per heavy atom. The zero-order valence-electron chi connectivity index (χ0n) is 16.1. The number of carbonyl (C=O) groups is 1. The number of rotatable bonds is 5. The van der Waals surface area contributed by atoms with E-state index in [1.807, 2.05) is 49.4 Å². The maximum atomic E-state index is 12.5. The van der Waals surface area contributed by atoms with Gasteiger partial charge in [-0.05, 0) is 41.5 Å². The maximum Gasteiger partial charge on any atom is 0.328 e. The molecule has 5 nitrogen and oxygen atoms in total. The van der Waals surface area contributed by atoms with Gasteiger partial charge in [-0.15, -0.1) is 0 Å². The summed E-state index contributed by atoms with van der Waals surface area (Å²) < 4.78 is 3.28. The monoisotopic (exact) mass is 373 g/mol. The number of carbonyl (C=O) groups excluding carboxylic acids is 1. The topological polar surface area (TPSA) is 56.0 Å². The quantitative estimate of drug-likeness (QED) is 0.579. The van der Waals surface area contributed by atoms with Crippen LogP contribution in [-0.2, 0) is 18.4 Å². The number of amides is 1. The fourth-order valence-corrected chi connectivity index (χ4v) is 3.67. The van der Waals surface area contributed by atoms with Crippen LogP contribution < -0.4 is 11.0 Å². The molecule has 142 valence electrons. The number of benzene rings is 3. The van der Waals surface area contributed by atoms with Gasteiger partial charge in [-0.25, -0.2) is 4.79 Å². The molecular weight excluding hydrogens is 350 g/mol. The largest absolute Gasteiger partial charge is 0.350 e. The number of hydrogen-bond acceptors (Lipinski definition) is 2. The summed E-state index contributed by atoms with van der Waals surface area (Å²) in [6.45, 7) is 2.34. The number of nitrogens with one attached hydrogen (secondary N) is 1. The summed E-state index contributed by atoms with van der Waals surface area (Å²) in [4.78, 5) is 24.9. The second kappa shape index (κ2) is 7.35. The zero-order chi connectivity index (χ0) is 19.7. The molecule has 0 spiro atoms. The molecule has 1 unspecified atom stereocenters. The third-order valence-electron chi connectivity index (χ3n) is 5.27. The van der Waals surface area contributed by atoms with Crippen LogP contribution in [0.3, 0.4) is 0 Å². The minimum atomic E-state index is -0.100. The van der Waals surface area contributed by atoms with E-state index in [2.05, 4.69) is 29.6 Å². The van der Waals surface area contributed by atoms with Gasteiger partial charge in [0.25, 0.3) is 0 Å². The fraction of sp³-hybridized carbons (Fsp3) is 0.217. The van der Waals surface area contributed by atoms with Crippen LogP contribution in [0, 0.1) is 0 Å². The van der Waals surface area contributed by atoms with E-state index in [0.29, 0.717) is 6.54 Å². The van der Waals surface area contributed by atoms with Gasteiger partial charge in [0, 0.05) is 20.0 Å². The maximum absolute atomic E-state index is 12.5. The highest BCUT2D eigenvalue weighted by Crippen LogP contribution is 2.20. The Morgan fingerprint density at radius 2 is 1.64 bits per heavy atom. The van der Waals surface area contributed by atoms with E-state index in [4.69, 9.17) is 0 Å². The van der Waals surface area contributed by atoms with Crippen LogP contribution in [0.2, 0.25) is 0 Å². The van der Waals surface area contributed by atoms with Crippen molar-refractivity contribution in [3.05, 3.63) is 82.8 Å². The summed E-state index contributed by atoms with van der Waals surface area (Å²) in [6, 6.07) is 21.9. The molecule has 0 saturated heterocycles. The van der Waals surface area contributed by atoms with Crippen molar-refractivity contribution in [2.24, 2.45) is 7.05 Å². The van der Waals surface area contributed by atoms with Gasteiger partial charge >= 0.3 is 5.69 Å². The average molecular weight is 373 g/mol. The lowest BCUT2D eigenvalue weighted by atomic mass is 10.0. The molecule has 0 bridgehead atoms. The normalized spacial score (nSPS) is 12.4. The van der Waals surface area contributed by atoms with Crippen molar-refractivity contribution in [2.45, 2.75) is 25.9 Å². The summed E-state index contributed by atoms with van der Waals surface area (Å²) in [5, 5.41) is 5.38. The average Bonchev–Trinajstić information content (AvgIpc) is 2.96. The van der Waals surface area contributed by atoms with Crippen LogP contribution in [0.4, 0.5) is 0 Å². The minimum Gasteiger partial charge on any atom is -0.350 e. The van der Waals surface area contributed by atoms with Crippen molar-refractivity contribution in [3.63, 3.8) is 0 Å². The lowest BCUT2D eigenvalue weighted by molar-refractivity contribution is -0.121. The zero-order valence-corrected chi connectivity index (χ0v) is 16.1. The standard InChI is InChI=1S/C23H23N3O2/c1-16(18-12-11-17-7-3-4-8-19(17)15-18)24-22(27)13-14-26-21-10-6-5-9-20(21)25(2)23(26)28/h3-12,15-16H,13-14H2,1-2H3,(H,24,27). The van der Waals surface area contributed by atoms with Crippen LogP contribution in [0.15, 0.2) is 71.5 Å². The molecule has 0 aliphatic heterocycles. The molecule has 1 N–H and O–H groups in total. The summed E-state index contributed by atoms with van der Waals surface area (Å²) in [6.07, 6.45) is 0.256. The Bertz CT molecular complexity index is 1220. The fourth-order valence-electron chi connectivity index (χ4n) is 3.67. The molecule has 1 aromatic heterocycles. The van der Waals surface area contributed by atoms with Gasteiger partial charge in [-0.2, -0.15) is 0 Å². The smallest absolute Gasteiger partial charge is 0.328 e. The number of fused-ring (bicyclic) bond motifs is 2. The first kappa shape index (κ1) is 18.0. The van der Waals surface area contributed by atoms with E-state index < -0.39 is 0 Å². The van der Waals surface area contributed by atoms with Crippen LogP contribution in [0.1, 0.15) is 24.9 Å². The highest BCUT2D eigenvalue weighted by atomic mass is 16.2. The van der Waals surface area contributed by atoms with Gasteiger partial charge in [0.15, 0.2) is 0 Å². The van der Waals surface area contributed by atoms with Crippen molar-refractivity contribution in [2.75, 3.05) is 0 Å². The predicted octanol–water partition coefficient (Wildman–Crippen LogP) is 3.76. The van der Waals surface area contributed by atoms with Crippen molar-refractivity contribution in [3.8, 4) is 0 Å². The summed E-state index contributed by atoms with van der Waals surface area (Å²) >= 11 is 0. The van der Waals surface area contributed by atoms with E-state index in [1.54, 1.807) is 16.2 Å². The van der Waals surface area contributed by atoms with E-state index in [-0.39, 0.29) is 24.1 Å². The molecule has 0 radical (unpaired) electrons. The van der Waals surface area contributed by atoms with Gasteiger partial charge in [0.2, 0.25) is 5.91 Å². The number of aromatic nitrogens is 2. The van der Waals surface area contributed by atoms with Gasteiger partial charge < -0.3 is 5.32 Å². The number of para-hydroxylation sites is 2. The third-order valence-corrected chi connectivity index (χ3v) is 5.27. The summed E-state index contributed by atoms with van der Waals surface area (Å²) in [5.74, 6) is -0.0690. The van der Waals surface area contributed by atoms with E-state index >= 15 is 0 Å². The molecule has 1 amide bonds. The first-order chi connectivity index (χ1) is 13.5. The molecular formula is C23H23N3O2. The number of imidazole rings is 1. The second-order valence-electron chi connectivity index (χ2n) is 7.13. The highest BCUT2D eigenvalue weighted by molar-refractivity contribution is 5.83. The third kappa shape index (κ3) is 3.31. The predicted molar refractivity (Wildman–Crippen MR) is 112 cm³/mol. The van der Waals surface area contributed by atoms with Gasteiger partial charge in [0.05, 0.1) is 17.1 Å². The molecule has 0 aliphatic carbocycles. The molecule has 4 aromatic rings. The molecule has 0 saturated carbocycles. The first-order valence-electron chi connectivity index (χ1n) is 9.47.